The van der Waals surface area contributed by atoms with Gasteiger partial charge in [-0.05, 0) is 25.7 Å². The van der Waals surface area contributed by atoms with Gasteiger partial charge in [0.25, 0.3) is 0 Å². The van der Waals surface area contributed by atoms with Crippen LogP contribution < -0.4 is 0 Å². The normalized spacial score (nSPS) is 11.6. The Morgan fingerprint density at radius 2 is 0.875 bits per heavy atom. The lowest BCUT2D eigenvalue weighted by molar-refractivity contribution is 0.196. The van der Waals surface area contributed by atoms with Crippen LogP contribution in [0.3, 0.4) is 0 Å². The molecule has 0 aromatic heterocycles. The first-order valence-electron chi connectivity index (χ1n) is 11.1. The van der Waals surface area contributed by atoms with Crippen LogP contribution in [0.2, 0.25) is 0 Å². The molecule has 0 aliphatic rings. The summed E-state index contributed by atoms with van der Waals surface area (Å²) >= 11 is 0. The fourth-order valence-corrected chi connectivity index (χ4v) is 3.21. The van der Waals surface area contributed by atoms with Crippen LogP contribution in [-0.4, -0.2) is 13.7 Å². The first-order valence-corrected chi connectivity index (χ1v) is 11.1. The van der Waals surface area contributed by atoms with Gasteiger partial charge < -0.3 is 4.74 Å². The van der Waals surface area contributed by atoms with Gasteiger partial charge in [-0.15, -0.1) is 0 Å². The predicted molar refractivity (Wildman–Crippen MR) is 110 cm³/mol. The van der Waals surface area contributed by atoms with E-state index in [1.54, 1.807) is 7.11 Å². The smallest absolute Gasteiger partial charge is 0.0465 e. The Morgan fingerprint density at radius 3 is 1.29 bits per heavy atom. The third kappa shape index (κ3) is 21.7. The van der Waals surface area contributed by atoms with Crippen molar-refractivity contribution in [1.82, 2.24) is 0 Å². The van der Waals surface area contributed by atoms with Gasteiger partial charge in [0, 0.05) is 13.7 Å². The molecule has 0 bridgehead atoms. The average Bonchev–Trinajstić information content (AvgIpc) is 2.60. The molecule has 0 aromatic rings. The molecule has 0 fully saturated rings. The zero-order valence-corrected chi connectivity index (χ0v) is 17.0. The summed E-state index contributed by atoms with van der Waals surface area (Å²) in [6.45, 7) is 3.19. The van der Waals surface area contributed by atoms with E-state index in [1.807, 2.05) is 0 Å². The van der Waals surface area contributed by atoms with Crippen molar-refractivity contribution in [3.63, 3.8) is 0 Å². The topological polar surface area (TPSA) is 9.23 Å². The number of hydrogen-bond donors (Lipinski definition) is 0. The van der Waals surface area contributed by atoms with E-state index in [-0.39, 0.29) is 0 Å². The minimum atomic E-state index is 0.892. The number of unbranched alkanes of at least 4 members (excludes halogenated alkanes) is 16. The molecule has 24 heavy (non-hydrogen) atoms. The van der Waals surface area contributed by atoms with Crippen molar-refractivity contribution in [2.45, 2.75) is 122 Å². The summed E-state index contributed by atoms with van der Waals surface area (Å²) < 4.78 is 5.04. The van der Waals surface area contributed by atoms with Crippen molar-refractivity contribution >= 4 is 0 Å². The summed E-state index contributed by atoms with van der Waals surface area (Å²) in [6.07, 6.45) is 30.0. The third-order valence-electron chi connectivity index (χ3n) is 4.86. The van der Waals surface area contributed by atoms with Gasteiger partial charge in [-0.3, -0.25) is 0 Å². The average molecular weight is 339 g/mol. The Hall–Kier alpha value is -0.300. The maximum atomic E-state index is 5.04. The molecule has 0 amide bonds. The molecule has 0 aliphatic heterocycles. The van der Waals surface area contributed by atoms with Crippen molar-refractivity contribution in [1.29, 1.82) is 0 Å². The molecule has 0 saturated carbocycles. The molecule has 0 unspecified atom stereocenters. The maximum Gasteiger partial charge on any atom is 0.0465 e. The molecule has 0 spiro atoms. The van der Waals surface area contributed by atoms with Crippen molar-refractivity contribution in [2.75, 3.05) is 13.7 Å². The second kappa shape index (κ2) is 22.7. The lowest BCUT2D eigenvalue weighted by atomic mass is 10.0. The van der Waals surface area contributed by atoms with Gasteiger partial charge >= 0.3 is 0 Å². The molecule has 0 aromatic carbocycles. The highest BCUT2D eigenvalue weighted by Gasteiger charge is 1.94. The largest absolute Gasteiger partial charge is 0.385 e. The van der Waals surface area contributed by atoms with Crippen molar-refractivity contribution in [2.24, 2.45) is 0 Å². The Balaban J connectivity index is 3.00. The SMILES string of the molecule is CCCCCCCCCCCCCCCCCC=CCCCOC. The first-order chi connectivity index (χ1) is 11.9. The summed E-state index contributed by atoms with van der Waals surface area (Å²) in [6, 6.07) is 0. The van der Waals surface area contributed by atoms with Gasteiger partial charge in [0.1, 0.15) is 0 Å². The van der Waals surface area contributed by atoms with Crippen LogP contribution >= 0.6 is 0 Å². The summed E-state index contributed by atoms with van der Waals surface area (Å²) in [5.74, 6) is 0. The Morgan fingerprint density at radius 1 is 0.500 bits per heavy atom. The van der Waals surface area contributed by atoms with Gasteiger partial charge in [-0.2, -0.15) is 0 Å². The van der Waals surface area contributed by atoms with E-state index in [2.05, 4.69) is 19.1 Å². The number of rotatable bonds is 20. The lowest BCUT2D eigenvalue weighted by Crippen LogP contribution is -1.85. The standard InChI is InChI=1S/C23H46O/c1-3-4-5-6-7-8-9-10-11-12-13-14-15-16-17-18-19-20-21-22-23-24-2/h19-20H,3-18,21-23H2,1-2H3. The van der Waals surface area contributed by atoms with Gasteiger partial charge in [0.05, 0.1) is 0 Å². The van der Waals surface area contributed by atoms with Crippen LogP contribution in [0.15, 0.2) is 12.2 Å². The first kappa shape index (κ1) is 23.7. The molecule has 1 nitrogen and oxygen atoms in total. The molecular weight excluding hydrogens is 292 g/mol. The van der Waals surface area contributed by atoms with Crippen LogP contribution in [-0.2, 0) is 4.74 Å². The molecule has 0 atom stereocenters. The van der Waals surface area contributed by atoms with Crippen molar-refractivity contribution in [3.05, 3.63) is 12.2 Å². The van der Waals surface area contributed by atoms with Crippen molar-refractivity contribution in [3.8, 4) is 0 Å². The zero-order valence-electron chi connectivity index (χ0n) is 17.0. The number of methoxy groups -OCH3 is 1. The molecule has 0 aliphatic carbocycles. The Kier molecular flexibility index (Phi) is 22.4. The fourth-order valence-electron chi connectivity index (χ4n) is 3.21. The number of allylic oxidation sites excluding steroid dienone is 2. The van der Waals surface area contributed by atoms with Crippen molar-refractivity contribution < 1.29 is 4.74 Å². The second-order valence-electron chi connectivity index (χ2n) is 7.34. The third-order valence-corrected chi connectivity index (χ3v) is 4.86. The van der Waals surface area contributed by atoms with Crippen LogP contribution in [0.1, 0.15) is 122 Å². The van der Waals surface area contributed by atoms with E-state index < -0.39 is 0 Å². The van der Waals surface area contributed by atoms with Crippen LogP contribution in [0.4, 0.5) is 0 Å². The number of ether oxygens (including phenoxy) is 1. The van der Waals surface area contributed by atoms with Gasteiger partial charge in [-0.25, -0.2) is 0 Å². The fraction of sp³-hybridized carbons (Fsp3) is 0.913. The van der Waals surface area contributed by atoms with E-state index in [0.717, 1.165) is 13.0 Å². The van der Waals surface area contributed by atoms with Crippen LogP contribution in [0, 0.1) is 0 Å². The second-order valence-corrected chi connectivity index (χ2v) is 7.34. The highest BCUT2D eigenvalue weighted by Crippen LogP contribution is 2.13. The minimum Gasteiger partial charge on any atom is -0.385 e. The quantitative estimate of drug-likeness (QED) is 0.160. The zero-order chi connectivity index (χ0) is 17.6. The van der Waals surface area contributed by atoms with Gasteiger partial charge in [0.15, 0.2) is 0 Å². The summed E-state index contributed by atoms with van der Waals surface area (Å²) in [7, 11) is 1.78. The molecule has 0 rings (SSSR count). The molecule has 1 heteroatoms. The molecule has 144 valence electrons. The predicted octanol–water partition coefficient (Wildman–Crippen LogP) is 8.23. The highest BCUT2D eigenvalue weighted by atomic mass is 16.5. The van der Waals surface area contributed by atoms with E-state index in [9.17, 15) is 0 Å². The molecule has 0 saturated heterocycles. The number of hydrogen-bond acceptors (Lipinski definition) is 1. The lowest BCUT2D eigenvalue weighted by Gasteiger charge is -2.03. The van der Waals surface area contributed by atoms with Gasteiger partial charge in [-0.1, -0.05) is 109 Å². The maximum absolute atomic E-state index is 5.04. The van der Waals surface area contributed by atoms with Crippen LogP contribution in [0.25, 0.3) is 0 Å². The minimum absolute atomic E-state index is 0.892. The molecular formula is C23H46O. The van der Waals surface area contributed by atoms with Crippen LogP contribution in [0.5, 0.6) is 0 Å². The molecule has 0 heterocycles. The Labute approximate surface area is 153 Å². The van der Waals surface area contributed by atoms with E-state index in [1.165, 1.54) is 109 Å². The Bertz CT molecular complexity index is 234. The van der Waals surface area contributed by atoms with E-state index in [4.69, 9.17) is 4.74 Å². The summed E-state index contributed by atoms with van der Waals surface area (Å²) in [5, 5.41) is 0. The van der Waals surface area contributed by atoms with Gasteiger partial charge in [0.2, 0.25) is 0 Å². The monoisotopic (exact) mass is 338 g/mol. The molecule has 0 N–H and O–H groups in total. The highest BCUT2D eigenvalue weighted by molar-refractivity contribution is 4.81. The summed E-state index contributed by atoms with van der Waals surface area (Å²) in [5.41, 5.74) is 0. The molecule has 0 radical (unpaired) electrons. The van der Waals surface area contributed by atoms with E-state index in [0.29, 0.717) is 0 Å². The summed E-state index contributed by atoms with van der Waals surface area (Å²) in [4.78, 5) is 0. The van der Waals surface area contributed by atoms with E-state index >= 15 is 0 Å².